The first-order chi connectivity index (χ1) is 12.8. The molecule has 5 nitrogen and oxygen atoms in total. The third-order valence-corrected chi connectivity index (χ3v) is 5.09. The fourth-order valence-electron chi connectivity index (χ4n) is 2.73. The van der Waals surface area contributed by atoms with Crippen LogP contribution in [0.15, 0.2) is 36.4 Å². The number of carbonyl (C=O) groups excluding carboxylic acids is 1. The molecule has 0 aromatic heterocycles. The van der Waals surface area contributed by atoms with Gasteiger partial charge in [0.05, 0.1) is 10.6 Å². The molecule has 2 aromatic carbocycles. The molecule has 1 atom stereocenters. The van der Waals surface area contributed by atoms with Crippen molar-refractivity contribution < 1.29 is 19.0 Å². The topological polar surface area (TPSA) is 56.8 Å². The Morgan fingerprint density at radius 3 is 2.59 bits per heavy atom. The second kappa shape index (κ2) is 7.87. The van der Waals surface area contributed by atoms with Gasteiger partial charge in [0.25, 0.3) is 5.91 Å². The summed E-state index contributed by atoms with van der Waals surface area (Å²) >= 11 is 12.1. The minimum Gasteiger partial charge on any atom is -0.486 e. The molecule has 0 fully saturated rings. The van der Waals surface area contributed by atoms with E-state index in [-0.39, 0.29) is 10.9 Å². The van der Waals surface area contributed by atoms with E-state index in [4.69, 9.17) is 37.4 Å². The largest absolute Gasteiger partial charge is 0.486 e. The first kappa shape index (κ1) is 19.6. The van der Waals surface area contributed by atoms with Gasteiger partial charge in [-0.2, -0.15) is 0 Å². The molecule has 0 saturated carbocycles. The number of rotatable bonds is 5. The molecule has 1 aliphatic heterocycles. The summed E-state index contributed by atoms with van der Waals surface area (Å²) in [5, 5.41) is 3.65. The van der Waals surface area contributed by atoms with Crippen LogP contribution in [0.2, 0.25) is 10.0 Å². The molecule has 1 heterocycles. The Hall–Kier alpha value is -2.11. The van der Waals surface area contributed by atoms with Gasteiger partial charge in [0.15, 0.2) is 17.6 Å². The van der Waals surface area contributed by atoms with E-state index in [0.29, 0.717) is 35.5 Å². The number of benzene rings is 2. The summed E-state index contributed by atoms with van der Waals surface area (Å²) in [6.07, 6.45) is -0.752. The van der Waals surface area contributed by atoms with Crippen molar-refractivity contribution in [3.8, 4) is 17.2 Å². The summed E-state index contributed by atoms with van der Waals surface area (Å²) in [6.45, 7) is 6.53. The SMILES string of the molecule is CC(Oc1cccc(Cl)c1Cl)C(=O)NC(C)(C)c1ccc2c(c1)OCCO2. The van der Waals surface area contributed by atoms with E-state index in [2.05, 4.69) is 5.32 Å². The fraction of sp³-hybridized carbons (Fsp3) is 0.350. The van der Waals surface area contributed by atoms with Gasteiger partial charge in [-0.1, -0.05) is 35.3 Å². The predicted octanol–water partition coefficient (Wildman–Crippen LogP) is 4.58. The van der Waals surface area contributed by atoms with Gasteiger partial charge in [-0.15, -0.1) is 0 Å². The molecular weight excluding hydrogens is 389 g/mol. The molecule has 1 unspecified atom stereocenters. The Morgan fingerprint density at radius 1 is 1.15 bits per heavy atom. The smallest absolute Gasteiger partial charge is 0.261 e. The van der Waals surface area contributed by atoms with Crippen LogP contribution in [0.4, 0.5) is 0 Å². The monoisotopic (exact) mass is 409 g/mol. The molecule has 3 rings (SSSR count). The highest BCUT2D eigenvalue weighted by atomic mass is 35.5. The summed E-state index contributed by atoms with van der Waals surface area (Å²) in [6, 6.07) is 10.7. The standard InChI is InChI=1S/C20H21Cl2NO4/c1-12(27-16-6-4-5-14(21)18(16)22)19(24)23-20(2,3)13-7-8-15-17(11-13)26-10-9-25-15/h4-8,11-12H,9-10H2,1-3H3,(H,23,24). The van der Waals surface area contributed by atoms with Crippen LogP contribution >= 0.6 is 23.2 Å². The van der Waals surface area contributed by atoms with E-state index in [1.165, 1.54) is 0 Å². The van der Waals surface area contributed by atoms with E-state index >= 15 is 0 Å². The van der Waals surface area contributed by atoms with Crippen molar-refractivity contribution in [1.29, 1.82) is 0 Å². The lowest BCUT2D eigenvalue weighted by molar-refractivity contribution is -0.129. The van der Waals surface area contributed by atoms with Gasteiger partial charge in [-0.25, -0.2) is 0 Å². The van der Waals surface area contributed by atoms with Crippen LogP contribution in [0.25, 0.3) is 0 Å². The van der Waals surface area contributed by atoms with Gasteiger partial charge >= 0.3 is 0 Å². The molecule has 0 spiro atoms. The van der Waals surface area contributed by atoms with E-state index in [1.807, 2.05) is 32.0 Å². The summed E-state index contributed by atoms with van der Waals surface area (Å²) in [7, 11) is 0. The van der Waals surface area contributed by atoms with Crippen molar-refractivity contribution in [2.24, 2.45) is 0 Å². The van der Waals surface area contributed by atoms with Gasteiger partial charge in [0.1, 0.15) is 24.0 Å². The maximum absolute atomic E-state index is 12.7. The van der Waals surface area contributed by atoms with Crippen molar-refractivity contribution in [3.05, 3.63) is 52.0 Å². The summed E-state index contributed by atoms with van der Waals surface area (Å²) in [5.41, 5.74) is 0.260. The number of ether oxygens (including phenoxy) is 3. The number of halogens is 2. The Labute approximate surface area is 168 Å². The van der Waals surface area contributed by atoms with Crippen LogP contribution in [0, 0.1) is 0 Å². The van der Waals surface area contributed by atoms with Crippen LogP contribution in [0.5, 0.6) is 17.2 Å². The highest BCUT2D eigenvalue weighted by Gasteiger charge is 2.28. The van der Waals surface area contributed by atoms with Gasteiger partial charge in [0, 0.05) is 0 Å². The molecule has 1 N–H and O–H groups in total. The molecule has 0 saturated heterocycles. The van der Waals surface area contributed by atoms with Crippen LogP contribution in [-0.4, -0.2) is 25.2 Å². The summed E-state index contributed by atoms with van der Waals surface area (Å²) < 4.78 is 16.9. The second-order valence-corrected chi connectivity index (χ2v) is 7.57. The van der Waals surface area contributed by atoms with Crippen LogP contribution in [0.3, 0.4) is 0 Å². The Kier molecular flexibility index (Phi) is 5.72. The van der Waals surface area contributed by atoms with E-state index in [9.17, 15) is 4.79 Å². The zero-order valence-corrected chi connectivity index (χ0v) is 16.9. The number of carbonyl (C=O) groups is 1. The van der Waals surface area contributed by atoms with Gasteiger partial charge in [-0.05, 0) is 50.6 Å². The number of hydrogen-bond acceptors (Lipinski definition) is 4. The average Bonchev–Trinajstić information content (AvgIpc) is 2.64. The first-order valence-corrected chi connectivity index (χ1v) is 9.36. The Bertz CT molecular complexity index is 854. The van der Waals surface area contributed by atoms with Crippen LogP contribution in [-0.2, 0) is 10.3 Å². The van der Waals surface area contributed by atoms with Crippen molar-refractivity contribution in [1.82, 2.24) is 5.32 Å². The number of fused-ring (bicyclic) bond motifs is 1. The van der Waals surface area contributed by atoms with E-state index < -0.39 is 11.6 Å². The third kappa shape index (κ3) is 4.42. The molecule has 1 amide bonds. The molecule has 0 aliphatic carbocycles. The van der Waals surface area contributed by atoms with E-state index in [1.54, 1.807) is 25.1 Å². The zero-order chi connectivity index (χ0) is 19.6. The molecule has 0 radical (unpaired) electrons. The normalized spacial score (nSPS) is 14.4. The molecule has 1 aliphatic rings. The first-order valence-electron chi connectivity index (χ1n) is 8.61. The van der Waals surface area contributed by atoms with E-state index in [0.717, 1.165) is 5.56 Å². The second-order valence-electron chi connectivity index (χ2n) is 6.78. The van der Waals surface area contributed by atoms with Gasteiger partial charge in [-0.3, -0.25) is 4.79 Å². The minimum absolute atomic E-state index is 0.272. The zero-order valence-electron chi connectivity index (χ0n) is 15.3. The van der Waals surface area contributed by atoms with Crippen molar-refractivity contribution >= 4 is 29.1 Å². The highest BCUT2D eigenvalue weighted by molar-refractivity contribution is 6.42. The lowest BCUT2D eigenvalue weighted by atomic mass is 9.93. The summed E-state index contributed by atoms with van der Waals surface area (Å²) in [4.78, 5) is 12.7. The van der Waals surface area contributed by atoms with Gasteiger partial charge in [0.2, 0.25) is 0 Å². The number of hydrogen-bond donors (Lipinski definition) is 1. The molecular formula is C20H21Cl2NO4. The number of amides is 1. The van der Waals surface area contributed by atoms with Crippen LogP contribution < -0.4 is 19.5 Å². The maximum atomic E-state index is 12.7. The van der Waals surface area contributed by atoms with Gasteiger partial charge < -0.3 is 19.5 Å². The molecule has 27 heavy (non-hydrogen) atoms. The van der Waals surface area contributed by atoms with Crippen molar-refractivity contribution in [2.45, 2.75) is 32.4 Å². The summed E-state index contributed by atoms with van der Waals surface area (Å²) in [5.74, 6) is 1.48. The fourth-order valence-corrected chi connectivity index (χ4v) is 3.07. The third-order valence-electron chi connectivity index (χ3n) is 4.29. The average molecular weight is 410 g/mol. The minimum atomic E-state index is -0.752. The maximum Gasteiger partial charge on any atom is 0.261 e. The highest BCUT2D eigenvalue weighted by Crippen LogP contribution is 2.35. The van der Waals surface area contributed by atoms with Crippen molar-refractivity contribution in [3.63, 3.8) is 0 Å². The Balaban J connectivity index is 1.71. The number of nitrogens with one attached hydrogen (secondary N) is 1. The molecule has 0 bridgehead atoms. The lowest BCUT2D eigenvalue weighted by Crippen LogP contribution is -2.46. The van der Waals surface area contributed by atoms with Crippen LogP contribution in [0.1, 0.15) is 26.3 Å². The quantitative estimate of drug-likeness (QED) is 0.784. The lowest BCUT2D eigenvalue weighted by Gasteiger charge is -2.30. The predicted molar refractivity (Wildman–Crippen MR) is 105 cm³/mol. The molecule has 2 aromatic rings. The molecule has 144 valence electrons. The molecule has 7 heteroatoms. The van der Waals surface area contributed by atoms with Crippen molar-refractivity contribution in [2.75, 3.05) is 13.2 Å². The Morgan fingerprint density at radius 2 is 1.85 bits per heavy atom.